The van der Waals surface area contributed by atoms with E-state index in [-0.39, 0.29) is 23.3 Å². The molecule has 41 heavy (non-hydrogen) atoms. The Balaban J connectivity index is 0.000000349. The Hall–Kier alpha value is -4.02. The molecule has 2 aliphatic rings. The zero-order valence-corrected chi connectivity index (χ0v) is 21.2. The van der Waals surface area contributed by atoms with E-state index in [1.165, 1.54) is 18.3 Å². The number of aryl methyl sites for hydroxylation is 1. The Labute approximate surface area is 227 Å². The van der Waals surface area contributed by atoms with Crippen molar-refractivity contribution in [2.75, 3.05) is 26.3 Å². The fraction of sp³-hybridized carbons (Fsp3) is 0.458. The van der Waals surface area contributed by atoms with Crippen LogP contribution in [0.5, 0.6) is 5.88 Å². The highest BCUT2D eigenvalue weighted by Crippen LogP contribution is 2.42. The first-order valence-electron chi connectivity index (χ1n) is 11.7. The van der Waals surface area contributed by atoms with Crippen LogP contribution in [0.3, 0.4) is 0 Å². The van der Waals surface area contributed by atoms with Crippen molar-refractivity contribution in [3.63, 3.8) is 0 Å². The topological polar surface area (TPSA) is 139 Å². The second kappa shape index (κ2) is 13.6. The molecule has 0 aliphatic carbocycles. The molecule has 4 rings (SSSR count). The van der Waals surface area contributed by atoms with Crippen molar-refractivity contribution in [1.82, 2.24) is 14.9 Å². The summed E-state index contributed by atoms with van der Waals surface area (Å²) in [7, 11) is 0. The lowest BCUT2D eigenvalue weighted by atomic mass is 9.79. The highest BCUT2D eigenvalue weighted by atomic mass is 19.4. The Morgan fingerprint density at radius 2 is 1.63 bits per heavy atom. The van der Waals surface area contributed by atoms with E-state index in [1.54, 1.807) is 17.2 Å². The van der Waals surface area contributed by atoms with Gasteiger partial charge in [-0.3, -0.25) is 9.78 Å². The molecular weight excluding hydrogens is 575 g/mol. The third-order valence-corrected chi connectivity index (χ3v) is 5.88. The lowest BCUT2D eigenvalue weighted by Crippen LogP contribution is -2.66. The quantitative estimate of drug-likeness (QED) is 0.490. The number of nitrogens with zero attached hydrogens (tertiary/aromatic N) is 3. The number of amides is 1. The van der Waals surface area contributed by atoms with Crippen LogP contribution in [-0.4, -0.2) is 87.2 Å². The molecular formula is C24H24F7N3O7. The molecule has 2 aromatic heterocycles. The van der Waals surface area contributed by atoms with E-state index in [4.69, 9.17) is 29.3 Å². The number of aliphatic carboxylic acids is 2. The van der Waals surface area contributed by atoms with Crippen LogP contribution in [0, 0.1) is 18.7 Å². The van der Waals surface area contributed by atoms with Gasteiger partial charge in [-0.25, -0.2) is 19.0 Å². The fourth-order valence-corrected chi connectivity index (χ4v) is 3.84. The number of aromatic nitrogens is 2. The van der Waals surface area contributed by atoms with E-state index in [1.807, 2.05) is 13.0 Å². The molecule has 1 unspecified atom stereocenters. The fourth-order valence-electron chi connectivity index (χ4n) is 3.84. The largest absolute Gasteiger partial charge is 0.490 e. The highest BCUT2D eigenvalue weighted by molar-refractivity contribution is 5.94. The van der Waals surface area contributed by atoms with Crippen molar-refractivity contribution in [2.24, 2.45) is 5.92 Å². The van der Waals surface area contributed by atoms with E-state index in [0.717, 1.165) is 18.5 Å². The van der Waals surface area contributed by atoms with Gasteiger partial charge in [0, 0.05) is 24.7 Å². The van der Waals surface area contributed by atoms with Crippen molar-refractivity contribution < 1.29 is 64.8 Å². The molecule has 226 valence electrons. The van der Waals surface area contributed by atoms with Crippen molar-refractivity contribution in [3.8, 4) is 5.88 Å². The van der Waals surface area contributed by atoms with Crippen LogP contribution in [0.4, 0.5) is 30.7 Å². The van der Waals surface area contributed by atoms with Gasteiger partial charge in [0.1, 0.15) is 5.60 Å². The van der Waals surface area contributed by atoms with Gasteiger partial charge in [-0.1, -0.05) is 0 Å². The maximum Gasteiger partial charge on any atom is 0.490 e. The Kier molecular flexibility index (Phi) is 11.0. The molecule has 10 nitrogen and oxygen atoms in total. The molecule has 2 aromatic rings. The van der Waals surface area contributed by atoms with Gasteiger partial charge < -0.3 is 24.6 Å². The molecule has 2 saturated heterocycles. The summed E-state index contributed by atoms with van der Waals surface area (Å²) < 4.78 is 88.5. The van der Waals surface area contributed by atoms with Crippen molar-refractivity contribution >= 4 is 17.8 Å². The van der Waals surface area contributed by atoms with Crippen LogP contribution in [0.15, 0.2) is 36.7 Å². The molecule has 2 fully saturated rings. The second-order valence-corrected chi connectivity index (χ2v) is 8.78. The Morgan fingerprint density at radius 1 is 1.05 bits per heavy atom. The van der Waals surface area contributed by atoms with Crippen molar-refractivity contribution in [3.05, 3.63) is 53.7 Å². The summed E-state index contributed by atoms with van der Waals surface area (Å²) >= 11 is 0. The minimum atomic E-state index is -5.08. The summed E-state index contributed by atoms with van der Waals surface area (Å²) in [5.74, 6) is -5.68. The number of hydrogen-bond acceptors (Lipinski definition) is 7. The number of alkyl halides is 6. The minimum Gasteiger partial charge on any atom is -0.476 e. The van der Waals surface area contributed by atoms with E-state index >= 15 is 0 Å². The van der Waals surface area contributed by atoms with Crippen LogP contribution in [0.2, 0.25) is 0 Å². The Morgan fingerprint density at radius 3 is 2.12 bits per heavy atom. The molecule has 0 radical (unpaired) electrons. The first kappa shape index (κ1) is 33.2. The molecule has 2 N–H and O–H groups in total. The molecule has 1 spiro atoms. The average molecular weight is 599 g/mol. The number of carboxylic acid groups (broad SMARTS) is 2. The van der Waals surface area contributed by atoms with Gasteiger partial charge in [0.15, 0.2) is 5.82 Å². The summed E-state index contributed by atoms with van der Waals surface area (Å²) in [5, 5.41) is 14.2. The van der Waals surface area contributed by atoms with Crippen LogP contribution in [0.1, 0.15) is 28.9 Å². The van der Waals surface area contributed by atoms with Crippen LogP contribution >= 0.6 is 0 Å². The first-order chi connectivity index (χ1) is 19.0. The maximum absolute atomic E-state index is 13.6. The summed E-state index contributed by atoms with van der Waals surface area (Å²) in [6.45, 7) is 4.09. The molecule has 2 aliphatic heterocycles. The van der Waals surface area contributed by atoms with Crippen LogP contribution in [0.25, 0.3) is 0 Å². The monoisotopic (exact) mass is 599 g/mol. The average Bonchev–Trinajstić information content (AvgIpc) is 3.28. The van der Waals surface area contributed by atoms with Gasteiger partial charge in [-0.15, -0.1) is 0 Å². The number of carbonyl (C=O) groups is 3. The molecule has 17 heteroatoms. The van der Waals surface area contributed by atoms with Gasteiger partial charge >= 0.3 is 24.3 Å². The molecule has 1 atom stereocenters. The van der Waals surface area contributed by atoms with E-state index in [9.17, 15) is 35.5 Å². The number of rotatable bonds is 5. The molecule has 4 heterocycles. The predicted octanol–water partition coefficient (Wildman–Crippen LogP) is 3.89. The zero-order valence-electron chi connectivity index (χ0n) is 21.2. The van der Waals surface area contributed by atoms with Crippen molar-refractivity contribution in [1.29, 1.82) is 0 Å². The summed E-state index contributed by atoms with van der Waals surface area (Å²) in [6, 6.07) is 6.51. The summed E-state index contributed by atoms with van der Waals surface area (Å²) in [6.07, 6.45) is -5.38. The molecule has 0 saturated carbocycles. The minimum absolute atomic E-state index is 0.0193. The van der Waals surface area contributed by atoms with Crippen LogP contribution in [-0.2, 0) is 14.3 Å². The number of likely N-dealkylation sites (tertiary alicyclic amines) is 1. The smallest absolute Gasteiger partial charge is 0.476 e. The van der Waals surface area contributed by atoms with Gasteiger partial charge in [0.25, 0.3) is 5.91 Å². The first-order valence-corrected chi connectivity index (χ1v) is 11.7. The van der Waals surface area contributed by atoms with E-state index in [2.05, 4.69) is 9.97 Å². The van der Waals surface area contributed by atoms with Gasteiger partial charge in [0.2, 0.25) is 5.88 Å². The van der Waals surface area contributed by atoms with Gasteiger partial charge in [0.05, 0.1) is 25.3 Å². The summed E-state index contributed by atoms with van der Waals surface area (Å²) in [5.41, 5.74) is 1.17. The predicted molar refractivity (Wildman–Crippen MR) is 123 cm³/mol. The lowest BCUT2D eigenvalue weighted by molar-refractivity contribution is -0.193. The number of halogens is 7. The highest BCUT2D eigenvalue weighted by Gasteiger charge is 2.54. The van der Waals surface area contributed by atoms with E-state index < -0.39 is 30.1 Å². The number of carboxylic acids is 2. The number of ether oxygens (including phenoxy) is 2. The van der Waals surface area contributed by atoms with Gasteiger partial charge in [-0.2, -0.15) is 26.3 Å². The van der Waals surface area contributed by atoms with Gasteiger partial charge in [-0.05, 0) is 49.9 Å². The lowest BCUT2D eigenvalue weighted by Gasteiger charge is -2.50. The Bertz CT molecular complexity index is 1180. The summed E-state index contributed by atoms with van der Waals surface area (Å²) in [4.78, 5) is 40.3. The maximum atomic E-state index is 13.6. The van der Waals surface area contributed by atoms with E-state index in [0.29, 0.717) is 31.9 Å². The second-order valence-electron chi connectivity index (χ2n) is 8.78. The third kappa shape index (κ3) is 9.54. The molecule has 0 bridgehead atoms. The zero-order chi connectivity index (χ0) is 31.0. The molecule has 0 aromatic carbocycles. The van der Waals surface area contributed by atoms with Crippen molar-refractivity contribution in [2.45, 2.75) is 37.7 Å². The number of pyridine rings is 2. The number of carbonyl (C=O) groups excluding carboxylic acids is 1. The normalized spacial score (nSPS) is 17.4. The van der Waals surface area contributed by atoms with Crippen LogP contribution < -0.4 is 4.74 Å². The standard InChI is InChI=1S/C20H22FN3O3.2C2HF3O2/c1-14-4-5-15(11-23-14)19(25)24-12-20(13-24)16(7-10-27-20)6-9-26-18-17(21)3-2-8-22-18;2*3-2(4,5)1(6)7/h2-5,8,11,16H,6-7,9-10,12-13H2,1H3;2*(H,6,7). The number of hydrogen-bond donors (Lipinski definition) is 2. The molecule has 1 amide bonds. The SMILES string of the molecule is Cc1ccc(C(=O)N2CC3(C2)OCCC3CCOc2ncccc2F)cn1.O=C(O)C(F)(F)F.O=C(O)C(F)(F)F. The third-order valence-electron chi connectivity index (χ3n) is 5.88.